The highest BCUT2D eigenvalue weighted by Crippen LogP contribution is 2.61. The number of fused-ring (bicyclic) bond motifs is 7. The summed E-state index contributed by atoms with van der Waals surface area (Å²) in [5.41, 5.74) is 3.72. The summed E-state index contributed by atoms with van der Waals surface area (Å²) in [6.45, 7) is 6.58. The lowest BCUT2D eigenvalue weighted by molar-refractivity contribution is -0.135. The number of nitrogens with zero attached hydrogens (tertiary/aromatic N) is 2. The van der Waals surface area contributed by atoms with Crippen LogP contribution in [0.1, 0.15) is 35.1 Å². The summed E-state index contributed by atoms with van der Waals surface area (Å²) in [5.74, 6) is -2.04. The monoisotopic (exact) mass is 449 g/mol. The van der Waals surface area contributed by atoms with Crippen LogP contribution in [0.4, 0.5) is 11.4 Å². The molecule has 1 N–H and O–H groups in total. The lowest BCUT2D eigenvalue weighted by atomic mass is 9.75. The summed E-state index contributed by atoms with van der Waals surface area (Å²) in [6, 6.07) is 9.27. The van der Waals surface area contributed by atoms with E-state index in [0.717, 1.165) is 35.1 Å². The van der Waals surface area contributed by atoms with E-state index >= 15 is 0 Å². The quantitative estimate of drug-likeness (QED) is 0.674. The van der Waals surface area contributed by atoms with Crippen LogP contribution in [0.5, 0.6) is 0 Å². The van der Waals surface area contributed by atoms with Crippen LogP contribution in [0.2, 0.25) is 5.02 Å². The molecule has 0 saturated carbocycles. The zero-order valence-electron chi connectivity index (χ0n) is 18.2. The van der Waals surface area contributed by atoms with E-state index in [0.29, 0.717) is 22.9 Å². The largest absolute Gasteiger partial charge is 0.323 e. The summed E-state index contributed by atoms with van der Waals surface area (Å²) < 4.78 is 0. The number of rotatable bonds is 1. The number of anilines is 2. The van der Waals surface area contributed by atoms with Gasteiger partial charge in [-0.2, -0.15) is 0 Å². The molecule has 4 atom stereocenters. The second-order valence-electron chi connectivity index (χ2n) is 9.58. The van der Waals surface area contributed by atoms with E-state index in [4.69, 9.17) is 11.6 Å². The van der Waals surface area contributed by atoms with Crippen LogP contribution in [0.3, 0.4) is 0 Å². The van der Waals surface area contributed by atoms with Gasteiger partial charge in [0, 0.05) is 11.6 Å². The van der Waals surface area contributed by atoms with E-state index in [1.54, 1.807) is 0 Å². The average molecular weight is 450 g/mol. The normalized spacial score (nSPS) is 30.8. The van der Waals surface area contributed by atoms with Crippen molar-refractivity contribution in [1.82, 2.24) is 4.90 Å². The van der Waals surface area contributed by atoms with Crippen molar-refractivity contribution in [2.24, 2.45) is 11.8 Å². The van der Waals surface area contributed by atoms with E-state index < -0.39 is 17.4 Å². The molecule has 2 aromatic rings. The Balaban J connectivity index is 1.57. The lowest BCUT2D eigenvalue weighted by Gasteiger charge is -2.36. The Kier molecular flexibility index (Phi) is 4.00. The first-order chi connectivity index (χ1) is 15.3. The zero-order valence-corrected chi connectivity index (χ0v) is 19.0. The van der Waals surface area contributed by atoms with Crippen molar-refractivity contribution in [3.63, 3.8) is 0 Å². The number of carbonyl (C=O) groups is 3. The molecule has 2 aromatic carbocycles. The van der Waals surface area contributed by atoms with Gasteiger partial charge in [0.2, 0.25) is 11.8 Å². The fourth-order valence-electron chi connectivity index (χ4n) is 6.51. The number of amides is 3. The first-order valence-corrected chi connectivity index (χ1v) is 11.5. The third-order valence-corrected chi connectivity index (χ3v) is 8.24. The van der Waals surface area contributed by atoms with Crippen molar-refractivity contribution in [1.29, 1.82) is 0 Å². The summed E-state index contributed by atoms with van der Waals surface area (Å²) in [6.07, 6.45) is 1.69. The van der Waals surface area contributed by atoms with E-state index in [9.17, 15) is 14.4 Å². The summed E-state index contributed by atoms with van der Waals surface area (Å²) >= 11 is 6.51. The van der Waals surface area contributed by atoms with Crippen LogP contribution < -0.4 is 10.2 Å². The average Bonchev–Trinajstić information content (AvgIpc) is 3.44. The molecule has 0 unspecified atom stereocenters. The molecule has 0 aliphatic carbocycles. The molecule has 32 heavy (non-hydrogen) atoms. The van der Waals surface area contributed by atoms with Gasteiger partial charge in [-0.25, -0.2) is 4.90 Å². The maximum Gasteiger partial charge on any atom is 0.250 e. The van der Waals surface area contributed by atoms with Gasteiger partial charge in [-0.1, -0.05) is 23.7 Å². The number of hydrogen-bond acceptors (Lipinski definition) is 4. The molecule has 0 bridgehead atoms. The highest BCUT2D eigenvalue weighted by atomic mass is 35.5. The second-order valence-corrected chi connectivity index (χ2v) is 9.98. The first-order valence-electron chi connectivity index (χ1n) is 11.1. The van der Waals surface area contributed by atoms with Crippen LogP contribution in [0.25, 0.3) is 0 Å². The van der Waals surface area contributed by atoms with E-state index in [2.05, 4.69) is 10.2 Å². The molecule has 0 radical (unpaired) electrons. The molecule has 7 heteroatoms. The number of carbonyl (C=O) groups excluding carboxylic acids is 3. The molecule has 0 aromatic heterocycles. The van der Waals surface area contributed by atoms with Gasteiger partial charge in [-0.15, -0.1) is 0 Å². The Hall–Kier alpha value is -2.70. The molecule has 4 aliphatic heterocycles. The summed E-state index contributed by atoms with van der Waals surface area (Å²) in [5, 5.41) is 3.43. The van der Waals surface area contributed by atoms with Crippen molar-refractivity contribution in [3.8, 4) is 0 Å². The Morgan fingerprint density at radius 1 is 1.03 bits per heavy atom. The molecular formula is C25H24ClN3O3. The maximum absolute atomic E-state index is 14.0. The predicted octanol–water partition coefficient (Wildman–Crippen LogP) is 3.70. The molecule has 6 rings (SSSR count). The second kappa shape index (κ2) is 6.42. The Morgan fingerprint density at radius 3 is 2.56 bits per heavy atom. The fraction of sp³-hybridized carbons (Fsp3) is 0.400. The van der Waals surface area contributed by atoms with Gasteiger partial charge in [0.1, 0.15) is 5.54 Å². The summed E-state index contributed by atoms with van der Waals surface area (Å²) in [4.78, 5) is 44.9. The molecular weight excluding hydrogens is 426 g/mol. The van der Waals surface area contributed by atoms with Crippen LogP contribution in [0.15, 0.2) is 30.3 Å². The van der Waals surface area contributed by atoms with Crippen molar-refractivity contribution in [2.45, 2.75) is 45.2 Å². The smallest absolute Gasteiger partial charge is 0.250 e. The molecule has 6 nitrogen and oxygen atoms in total. The molecule has 164 valence electrons. The Labute approximate surface area is 191 Å². The third kappa shape index (κ3) is 2.22. The molecule has 3 amide bonds. The van der Waals surface area contributed by atoms with Crippen molar-refractivity contribution in [3.05, 3.63) is 57.6 Å². The number of imide groups is 1. The number of nitrogens with one attached hydrogen (secondary N) is 1. The predicted molar refractivity (Wildman–Crippen MR) is 122 cm³/mol. The summed E-state index contributed by atoms with van der Waals surface area (Å²) in [7, 11) is 0. The van der Waals surface area contributed by atoms with Gasteiger partial charge in [-0.3, -0.25) is 19.3 Å². The molecule has 4 aliphatic rings. The number of hydrogen-bond donors (Lipinski definition) is 1. The number of aryl methyl sites for hydroxylation is 3. The third-order valence-electron chi connectivity index (χ3n) is 7.95. The Bertz CT molecular complexity index is 1240. The van der Waals surface area contributed by atoms with Gasteiger partial charge in [0.25, 0.3) is 5.91 Å². The minimum Gasteiger partial charge on any atom is -0.323 e. The first kappa shape index (κ1) is 19.9. The highest BCUT2D eigenvalue weighted by Gasteiger charge is 2.74. The van der Waals surface area contributed by atoms with Gasteiger partial charge >= 0.3 is 0 Å². The SMILES string of the molecule is Cc1cc(Cl)c2c(c1)[C@@]1(C(=O)N2)[C@H]2C(=O)N(c3ccc(C)c(C)c3)C(=O)[C@H]2[C@H]2CCCN21. The Morgan fingerprint density at radius 2 is 1.81 bits per heavy atom. The maximum atomic E-state index is 14.0. The van der Waals surface area contributed by atoms with E-state index in [1.807, 2.05) is 51.1 Å². The van der Waals surface area contributed by atoms with Crippen LogP contribution >= 0.6 is 11.6 Å². The van der Waals surface area contributed by atoms with E-state index in [1.165, 1.54) is 4.90 Å². The zero-order chi connectivity index (χ0) is 22.5. The topological polar surface area (TPSA) is 69.7 Å². The number of benzene rings is 2. The van der Waals surface area contributed by atoms with Crippen molar-refractivity contribution in [2.75, 3.05) is 16.8 Å². The lowest BCUT2D eigenvalue weighted by Crippen LogP contribution is -2.54. The van der Waals surface area contributed by atoms with E-state index in [-0.39, 0.29) is 23.8 Å². The molecule has 3 fully saturated rings. The van der Waals surface area contributed by atoms with Gasteiger partial charge in [-0.05, 0) is 75.0 Å². The van der Waals surface area contributed by atoms with Crippen molar-refractivity contribution < 1.29 is 14.4 Å². The van der Waals surface area contributed by atoms with Gasteiger partial charge in [0.05, 0.1) is 28.2 Å². The van der Waals surface area contributed by atoms with Crippen molar-refractivity contribution >= 4 is 40.7 Å². The van der Waals surface area contributed by atoms with Gasteiger partial charge in [0.15, 0.2) is 0 Å². The van der Waals surface area contributed by atoms with Crippen LogP contribution in [0, 0.1) is 32.6 Å². The minimum absolute atomic E-state index is 0.135. The number of halogens is 1. The molecule has 3 saturated heterocycles. The standard InChI is InChI=1S/C25H24ClN3O3/c1-12-9-16-21(17(26)10-12)27-24(32)25(16)20-19(18-5-4-8-28(18)25)22(30)29(23(20)31)15-7-6-13(2)14(3)11-15/h6-7,9-11,18-20H,4-5,8H2,1-3H3,(H,27,32)/t18-,19+,20-,25+/m1/s1. The fourth-order valence-corrected chi connectivity index (χ4v) is 6.84. The molecule has 4 heterocycles. The van der Waals surface area contributed by atoms with Crippen LogP contribution in [-0.4, -0.2) is 35.2 Å². The minimum atomic E-state index is -1.20. The molecule has 1 spiro atoms. The highest BCUT2D eigenvalue weighted by molar-refractivity contribution is 6.35. The van der Waals surface area contributed by atoms with Crippen LogP contribution in [-0.2, 0) is 19.9 Å². The van der Waals surface area contributed by atoms with Gasteiger partial charge < -0.3 is 5.32 Å².